The van der Waals surface area contributed by atoms with E-state index in [1.807, 2.05) is 19.9 Å². The molecule has 2 heteroatoms. The average Bonchev–Trinajstić information content (AvgIpc) is 2.25. The van der Waals surface area contributed by atoms with E-state index in [4.69, 9.17) is 4.74 Å². The summed E-state index contributed by atoms with van der Waals surface area (Å²) in [6, 6.07) is 0. The van der Waals surface area contributed by atoms with E-state index in [-0.39, 0.29) is 17.5 Å². The molecule has 0 bridgehead atoms. The van der Waals surface area contributed by atoms with Crippen molar-refractivity contribution in [2.45, 2.75) is 32.8 Å². The van der Waals surface area contributed by atoms with Crippen LogP contribution in [0.2, 0.25) is 0 Å². The Hall–Kier alpha value is -0.790. The summed E-state index contributed by atoms with van der Waals surface area (Å²) in [5.74, 6) is 0.360. The molecular weight excluding hydrogens is 152 g/mol. The molecule has 0 aromatic heterocycles. The molecular formula is C10H14O2. The van der Waals surface area contributed by atoms with E-state index in [1.165, 1.54) is 0 Å². The normalized spacial score (nSPS) is 37.7. The molecule has 0 N–H and O–H groups in total. The van der Waals surface area contributed by atoms with Gasteiger partial charge < -0.3 is 4.74 Å². The lowest BCUT2D eigenvalue weighted by Crippen LogP contribution is -2.29. The number of ether oxygens (including phenoxy) is 1. The number of hydrogen-bond donors (Lipinski definition) is 0. The molecule has 66 valence electrons. The van der Waals surface area contributed by atoms with Crippen LogP contribution in [0.15, 0.2) is 12.2 Å². The summed E-state index contributed by atoms with van der Waals surface area (Å²) in [5, 5.41) is 0. The number of allylic oxidation sites excluding steroid dienone is 1. The SMILES string of the molecule is CC1(C)C(=O)O[C@H]2C=CCC[C@H]21. The van der Waals surface area contributed by atoms with Gasteiger partial charge in [0.15, 0.2) is 0 Å². The Morgan fingerprint density at radius 2 is 2.33 bits per heavy atom. The predicted octanol–water partition coefficient (Wildman–Crippen LogP) is 1.90. The van der Waals surface area contributed by atoms with Crippen molar-refractivity contribution in [3.8, 4) is 0 Å². The fourth-order valence-electron chi connectivity index (χ4n) is 2.12. The molecule has 1 fully saturated rings. The molecule has 1 aliphatic heterocycles. The fraction of sp³-hybridized carbons (Fsp3) is 0.700. The smallest absolute Gasteiger partial charge is 0.312 e. The number of carbonyl (C=O) groups excluding carboxylic acids is 1. The second kappa shape index (κ2) is 2.35. The average molecular weight is 166 g/mol. The van der Waals surface area contributed by atoms with Crippen molar-refractivity contribution in [1.29, 1.82) is 0 Å². The van der Waals surface area contributed by atoms with Gasteiger partial charge in [-0.1, -0.05) is 6.08 Å². The highest BCUT2D eigenvalue weighted by atomic mass is 16.6. The molecule has 0 saturated carbocycles. The van der Waals surface area contributed by atoms with E-state index in [2.05, 4.69) is 6.08 Å². The Labute approximate surface area is 72.6 Å². The van der Waals surface area contributed by atoms with Gasteiger partial charge in [-0.3, -0.25) is 4.79 Å². The first-order valence-corrected chi connectivity index (χ1v) is 4.50. The van der Waals surface area contributed by atoms with Crippen LogP contribution in [0.3, 0.4) is 0 Å². The van der Waals surface area contributed by atoms with Crippen molar-refractivity contribution in [3.05, 3.63) is 12.2 Å². The maximum atomic E-state index is 11.4. The topological polar surface area (TPSA) is 26.3 Å². The summed E-state index contributed by atoms with van der Waals surface area (Å²) >= 11 is 0. The Balaban J connectivity index is 2.30. The maximum absolute atomic E-state index is 11.4. The molecule has 0 aromatic carbocycles. The summed E-state index contributed by atoms with van der Waals surface area (Å²) in [5.41, 5.74) is -0.268. The van der Waals surface area contributed by atoms with Gasteiger partial charge in [-0.25, -0.2) is 0 Å². The Morgan fingerprint density at radius 1 is 1.58 bits per heavy atom. The van der Waals surface area contributed by atoms with Crippen LogP contribution in [0.1, 0.15) is 26.7 Å². The van der Waals surface area contributed by atoms with Gasteiger partial charge in [-0.15, -0.1) is 0 Å². The van der Waals surface area contributed by atoms with Crippen LogP contribution in [0.25, 0.3) is 0 Å². The van der Waals surface area contributed by atoms with Crippen molar-refractivity contribution in [2.24, 2.45) is 11.3 Å². The third-order valence-corrected chi connectivity index (χ3v) is 3.06. The van der Waals surface area contributed by atoms with Gasteiger partial charge in [-0.2, -0.15) is 0 Å². The van der Waals surface area contributed by atoms with E-state index in [1.54, 1.807) is 0 Å². The Kier molecular flexibility index (Phi) is 1.53. The van der Waals surface area contributed by atoms with Crippen molar-refractivity contribution in [1.82, 2.24) is 0 Å². The Bertz CT molecular complexity index is 240. The summed E-state index contributed by atoms with van der Waals surface area (Å²) in [4.78, 5) is 11.4. The third-order valence-electron chi connectivity index (χ3n) is 3.06. The van der Waals surface area contributed by atoms with Crippen LogP contribution in [0.4, 0.5) is 0 Å². The highest BCUT2D eigenvalue weighted by Crippen LogP contribution is 2.44. The molecule has 1 heterocycles. The molecule has 0 aromatic rings. The van der Waals surface area contributed by atoms with Gasteiger partial charge in [0.2, 0.25) is 0 Å². The molecule has 2 aliphatic rings. The maximum Gasteiger partial charge on any atom is 0.312 e. The molecule has 0 spiro atoms. The van der Waals surface area contributed by atoms with Gasteiger partial charge >= 0.3 is 5.97 Å². The van der Waals surface area contributed by atoms with Crippen LogP contribution in [-0.2, 0) is 9.53 Å². The second-order valence-corrected chi connectivity index (χ2v) is 4.20. The number of esters is 1. The molecule has 12 heavy (non-hydrogen) atoms. The monoisotopic (exact) mass is 166 g/mol. The van der Waals surface area contributed by atoms with Crippen molar-refractivity contribution < 1.29 is 9.53 Å². The summed E-state index contributed by atoms with van der Waals surface area (Å²) in [6.45, 7) is 3.97. The zero-order valence-electron chi connectivity index (χ0n) is 7.54. The minimum Gasteiger partial charge on any atom is -0.457 e. The molecule has 0 radical (unpaired) electrons. The van der Waals surface area contributed by atoms with Crippen LogP contribution < -0.4 is 0 Å². The lowest BCUT2D eigenvalue weighted by molar-refractivity contribution is -0.146. The van der Waals surface area contributed by atoms with Crippen LogP contribution in [0.5, 0.6) is 0 Å². The summed E-state index contributed by atoms with van der Waals surface area (Å²) in [6.07, 6.45) is 6.36. The lowest BCUT2D eigenvalue weighted by Gasteiger charge is -2.25. The first-order valence-electron chi connectivity index (χ1n) is 4.50. The number of hydrogen-bond acceptors (Lipinski definition) is 2. The highest BCUT2D eigenvalue weighted by Gasteiger charge is 2.50. The lowest BCUT2D eigenvalue weighted by atomic mass is 9.74. The Morgan fingerprint density at radius 3 is 3.00 bits per heavy atom. The summed E-state index contributed by atoms with van der Waals surface area (Å²) in [7, 11) is 0. The summed E-state index contributed by atoms with van der Waals surface area (Å²) < 4.78 is 5.25. The van der Waals surface area contributed by atoms with E-state index in [9.17, 15) is 4.79 Å². The molecule has 0 amide bonds. The number of carbonyl (C=O) groups is 1. The van der Waals surface area contributed by atoms with Gasteiger partial charge in [0.1, 0.15) is 6.10 Å². The quantitative estimate of drug-likeness (QED) is 0.406. The van der Waals surface area contributed by atoms with Crippen LogP contribution in [-0.4, -0.2) is 12.1 Å². The number of fused-ring (bicyclic) bond motifs is 1. The zero-order chi connectivity index (χ0) is 8.77. The van der Waals surface area contributed by atoms with E-state index >= 15 is 0 Å². The number of rotatable bonds is 0. The molecule has 2 rings (SSSR count). The predicted molar refractivity (Wildman–Crippen MR) is 45.5 cm³/mol. The van der Waals surface area contributed by atoms with Gasteiger partial charge in [-0.05, 0) is 32.8 Å². The van der Waals surface area contributed by atoms with Gasteiger partial charge in [0.05, 0.1) is 5.41 Å². The first kappa shape index (κ1) is 7.84. The molecule has 0 unspecified atom stereocenters. The van der Waals surface area contributed by atoms with E-state index in [0.29, 0.717) is 5.92 Å². The largest absolute Gasteiger partial charge is 0.457 e. The second-order valence-electron chi connectivity index (χ2n) is 4.20. The van der Waals surface area contributed by atoms with Crippen LogP contribution >= 0.6 is 0 Å². The molecule has 1 saturated heterocycles. The molecule has 2 nitrogen and oxygen atoms in total. The van der Waals surface area contributed by atoms with Crippen molar-refractivity contribution in [2.75, 3.05) is 0 Å². The van der Waals surface area contributed by atoms with Crippen molar-refractivity contribution in [3.63, 3.8) is 0 Å². The zero-order valence-corrected chi connectivity index (χ0v) is 7.54. The minimum atomic E-state index is -0.268. The first-order chi connectivity index (χ1) is 5.62. The standard InChI is InChI=1S/C10H14O2/c1-10(2)7-5-3-4-6-8(7)12-9(10)11/h4,6-8H,3,5H2,1-2H3/t7-,8+/m1/s1. The van der Waals surface area contributed by atoms with E-state index in [0.717, 1.165) is 12.8 Å². The third kappa shape index (κ3) is 0.904. The molecule has 1 aliphatic carbocycles. The van der Waals surface area contributed by atoms with Gasteiger partial charge in [0.25, 0.3) is 0 Å². The highest BCUT2D eigenvalue weighted by molar-refractivity contribution is 5.79. The van der Waals surface area contributed by atoms with Crippen LogP contribution in [0, 0.1) is 11.3 Å². The van der Waals surface area contributed by atoms with Gasteiger partial charge in [0, 0.05) is 5.92 Å². The van der Waals surface area contributed by atoms with Crippen molar-refractivity contribution >= 4 is 5.97 Å². The van der Waals surface area contributed by atoms with E-state index < -0.39 is 0 Å². The molecule has 2 atom stereocenters. The fourth-order valence-corrected chi connectivity index (χ4v) is 2.12. The minimum absolute atomic E-state index is 0.0379.